The summed E-state index contributed by atoms with van der Waals surface area (Å²) in [5.41, 5.74) is 14.2. The molecule has 0 saturated carbocycles. The Bertz CT molecular complexity index is 3300. The van der Waals surface area contributed by atoms with Gasteiger partial charge < -0.3 is 13.9 Å². The van der Waals surface area contributed by atoms with Crippen molar-refractivity contribution in [1.29, 1.82) is 0 Å². The average molecular weight is 1010 g/mol. The summed E-state index contributed by atoms with van der Waals surface area (Å²) in [6, 6.07) is 63.0. The molecule has 320 valence electrons. The molecular formula is C58H50N4OPt-2. The van der Waals surface area contributed by atoms with Crippen LogP contribution in [0.1, 0.15) is 65.2 Å². The number of para-hydroxylation sites is 4. The van der Waals surface area contributed by atoms with Crippen molar-refractivity contribution in [3.8, 4) is 50.9 Å². The number of rotatable bonds is 8. The fourth-order valence-corrected chi connectivity index (χ4v) is 8.64. The fraction of sp³-hybridized carbons (Fsp3) is 0.172. The van der Waals surface area contributed by atoms with Crippen LogP contribution in [0.15, 0.2) is 164 Å². The summed E-state index contributed by atoms with van der Waals surface area (Å²) in [5, 5.41) is 2.23. The number of fused-ring (bicyclic) bond motifs is 4. The zero-order valence-electron chi connectivity index (χ0n) is 37.3. The van der Waals surface area contributed by atoms with E-state index < -0.39 is 0 Å². The first-order valence-electron chi connectivity index (χ1n) is 21.9. The first-order valence-corrected chi connectivity index (χ1v) is 21.9. The molecule has 0 bridgehead atoms. The SMILES string of the molecule is CCc1ccnc(-n2c3[c-]c(Oc4[c-]c(-n5[c-][n+](-c6c(-c7ccccc7)cccc6-c6cc(C(C)(C)C)cc(C(C)(C)C)c6)c6ccccc65)ccc4)ccc3c3ccccc32)c1.[Pt]. The molecule has 0 aliphatic rings. The van der Waals surface area contributed by atoms with Crippen molar-refractivity contribution in [3.63, 3.8) is 0 Å². The molecule has 7 aromatic carbocycles. The van der Waals surface area contributed by atoms with E-state index in [1.807, 2.05) is 24.4 Å². The number of ether oxygens (including phenoxy) is 1. The average Bonchev–Trinajstić information content (AvgIpc) is 3.84. The van der Waals surface area contributed by atoms with Gasteiger partial charge in [0, 0.05) is 44.3 Å². The van der Waals surface area contributed by atoms with Crippen LogP contribution in [0.4, 0.5) is 0 Å². The van der Waals surface area contributed by atoms with Gasteiger partial charge in [-0.05, 0) is 85.5 Å². The minimum atomic E-state index is -0.0365. The van der Waals surface area contributed by atoms with E-state index in [0.29, 0.717) is 11.5 Å². The number of aryl methyl sites for hydroxylation is 1. The fourth-order valence-electron chi connectivity index (χ4n) is 8.64. The maximum Gasteiger partial charge on any atom is 0.268 e. The molecule has 0 spiro atoms. The smallest absolute Gasteiger partial charge is 0.268 e. The number of nitrogens with zero attached hydrogens (tertiary/aromatic N) is 4. The topological polar surface area (TPSA) is 35.9 Å². The van der Waals surface area contributed by atoms with Crippen LogP contribution in [0.2, 0.25) is 0 Å². The van der Waals surface area contributed by atoms with E-state index in [9.17, 15) is 0 Å². The van der Waals surface area contributed by atoms with Crippen LogP contribution < -0.4 is 9.30 Å². The van der Waals surface area contributed by atoms with Crippen LogP contribution >= 0.6 is 0 Å². The van der Waals surface area contributed by atoms with Crippen molar-refractivity contribution in [2.24, 2.45) is 0 Å². The summed E-state index contributed by atoms with van der Waals surface area (Å²) < 4.78 is 13.1. The molecule has 0 saturated heterocycles. The van der Waals surface area contributed by atoms with Gasteiger partial charge in [0.15, 0.2) is 0 Å². The third-order valence-electron chi connectivity index (χ3n) is 12.1. The second-order valence-electron chi connectivity index (χ2n) is 18.4. The standard InChI is InChI=1S/C58H50N4O.Pt/c1-8-39-30-31-59-55(32-39)62-51-25-13-12-22-49(51)50-29-28-46(37-54(50)62)63-45-21-16-20-44(36-45)60-38-61(53-27-15-14-26-52(53)60)56-47(40-18-10-9-11-19-40)23-17-24-48(56)41-33-42(57(2,3)4)35-43(34-41)58(5,6)7;/h9-35H,8H2,1-7H3;/q-2;. The van der Waals surface area contributed by atoms with E-state index in [4.69, 9.17) is 9.72 Å². The Morgan fingerprint density at radius 2 is 1.25 bits per heavy atom. The number of imidazole rings is 1. The van der Waals surface area contributed by atoms with Gasteiger partial charge in [0.2, 0.25) is 0 Å². The third kappa shape index (κ3) is 7.88. The molecule has 0 unspecified atom stereocenters. The van der Waals surface area contributed by atoms with Crippen molar-refractivity contribution in [3.05, 3.63) is 199 Å². The van der Waals surface area contributed by atoms with Crippen LogP contribution in [-0.4, -0.2) is 14.1 Å². The molecule has 0 aliphatic heterocycles. The minimum Gasteiger partial charge on any atom is -0.510 e. The first kappa shape index (κ1) is 42.7. The zero-order chi connectivity index (χ0) is 43.5. The van der Waals surface area contributed by atoms with Crippen LogP contribution in [-0.2, 0) is 38.3 Å². The molecule has 0 amide bonds. The zero-order valence-corrected chi connectivity index (χ0v) is 39.6. The quantitative estimate of drug-likeness (QED) is 0.112. The van der Waals surface area contributed by atoms with Gasteiger partial charge in [0.1, 0.15) is 5.82 Å². The van der Waals surface area contributed by atoms with E-state index in [2.05, 4.69) is 220 Å². The Labute approximate surface area is 390 Å². The van der Waals surface area contributed by atoms with Crippen molar-refractivity contribution < 1.29 is 30.4 Å². The molecule has 10 aromatic rings. The molecule has 0 radical (unpaired) electrons. The van der Waals surface area contributed by atoms with Gasteiger partial charge in [-0.25, -0.2) is 4.98 Å². The Kier molecular flexibility index (Phi) is 11.3. The van der Waals surface area contributed by atoms with E-state index in [-0.39, 0.29) is 31.9 Å². The summed E-state index contributed by atoms with van der Waals surface area (Å²) in [7, 11) is 0. The molecule has 0 fully saturated rings. The van der Waals surface area contributed by atoms with Gasteiger partial charge in [-0.15, -0.1) is 29.7 Å². The van der Waals surface area contributed by atoms with E-state index in [1.54, 1.807) is 0 Å². The first-order chi connectivity index (χ1) is 30.4. The Hall–Kier alpha value is -6.55. The molecular weight excluding hydrogens is 964 g/mol. The Morgan fingerprint density at radius 1 is 0.594 bits per heavy atom. The second-order valence-corrected chi connectivity index (χ2v) is 18.4. The molecule has 64 heavy (non-hydrogen) atoms. The summed E-state index contributed by atoms with van der Waals surface area (Å²) in [6.07, 6.45) is 6.64. The van der Waals surface area contributed by atoms with Crippen LogP contribution in [0, 0.1) is 18.5 Å². The molecule has 3 heterocycles. The number of hydrogen-bond donors (Lipinski definition) is 0. The van der Waals surface area contributed by atoms with Crippen molar-refractivity contribution in [2.75, 3.05) is 0 Å². The van der Waals surface area contributed by atoms with Crippen molar-refractivity contribution in [1.82, 2.24) is 14.1 Å². The van der Waals surface area contributed by atoms with E-state index in [0.717, 1.165) is 73.1 Å². The molecule has 6 heteroatoms. The summed E-state index contributed by atoms with van der Waals surface area (Å²) in [5.74, 6) is 2.03. The maximum absolute atomic E-state index is 6.64. The number of benzene rings is 7. The van der Waals surface area contributed by atoms with Gasteiger partial charge in [-0.3, -0.25) is 4.57 Å². The number of pyridine rings is 1. The van der Waals surface area contributed by atoms with Crippen LogP contribution in [0.3, 0.4) is 0 Å². The van der Waals surface area contributed by atoms with Gasteiger partial charge in [-0.2, -0.15) is 18.2 Å². The Morgan fingerprint density at radius 3 is 1.98 bits per heavy atom. The Balaban J connectivity index is 0.00000518. The van der Waals surface area contributed by atoms with Crippen molar-refractivity contribution >= 4 is 32.8 Å². The predicted molar refractivity (Wildman–Crippen MR) is 258 cm³/mol. The molecule has 0 aliphatic carbocycles. The van der Waals surface area contributed by atoms with Crippen LogP contribution in [0.25, 0.3) is 72.3 Å². The van der Waals surface area contributed by atoms with Gasteiger partial charge in [-0.1, -0.05) is 163 Å². The molecule has 3 aromatic heterocycles. The molecule has 5 nitrogen and oxygen atoms in total. The summed E-state index contributed by atoms with van der Waals surface area (Å²) in [4.78, 5) is 4.80. The van der Waals surface area contributed by atoms with Gasteiger partial charge >= 0.3 is 0 Å². The van der Waals surface area contributed by atoms with Gasteiger partial charge in [0.05, 0.1) is 16.7 Å². The molecule has 0 N–H and O–H groups in total. The van der Waals surface area contributed by atoms with Gasteiger partial charge in [0.25, 0.3) is 6.33 Å². The van der Waals surface area contributed by atoms with Crippen molar-refractivity contribution in [2.45, 2.75) is 65.7 Å². The third-order valence-corrected chi connectivity index (χ3v) is 12.1. The van der Waals surface area contributed by atoms with E-state index in [1.165, 1.54) is 22.3 Å². The maximum atomic E-state index is 6.64. The monoisotopic (exact) mass is 1010 g/mol. The minimum absolute atomic E-state index is 0. The normalized spacial score (nSPS) is 11.9. The van der Waals surface area contributed by atoms with Crippen LogP contribution in [0.5, 0.6) is 11.5 Å². The summed E-state index contributed by atoms with van der Waals surface area (Å²) >= 11 is 0. The predicted octanol–water partition coefficient (Wildman–Crippen LogP) is 14.1. The van der Waals surface area contributed by atoms with E-state index >= 15 is 0 Å². The number of hydrogen-bond acceptors (Lipinski definition) is 2. The second kappa shape index (κ2) is 16.9. The summed E-state index contributed by atoms with van der Waals surface area (Å²) in [6.45, 7) is 15.9. The largest absolute Gasteiger partial charge is 0.510 e. The molecule has 0 atom stereocenters. The number of aromatic nitrogens is 4. The molecule has 10 rings (SSSR count).